The number of aliphatic hydroxyl groups is 1. The van der Waals surface area contributed by atoms with E-state index in [4.69, 9.17) is 0 Å². The third-order valence-electron chi connectivity index (χ3n) is 5.40. The van der Waals surface area contributed by atoms with Crippen molar-refractivity contribution in [2.75, 3.05) is 6.54 Å². The Labute approximate surface area is 158 Å². The average Bonchev–Trinajstić information content (AvgIpc) is 3.07. The van der Waals surface area contributed by atoms with Gasteiger partial charge in [-0.05, 0) is 13.3 Å². The summed E-state index contributed by atoms with van der Waals surface area (Å²) in [6.07, 6.45) is -2.20. The van der Waals surface area contributed by atoms with E-state index in [9.17, 15) is 39.6 Å². The summed E-state index contributed by atoms with van der Waals surface area (Å²) in [5, 5.41) is 37.4. The second-order valence-corrected chi connectivity index (χ2v) is 8.38. The van der Waals surface area contributed by atoms with Crippen LogP contribution in [0.3, 0.4) is 0 Å². The zero-order valence-corrected chi connectivity index (χ0v) is 15.4. The molecule has 0 radical (unpaired) electrons. The lowest BCUT2D eigenvalue weighted by Gasteiger charge is -2.46. The maximum atomic E-state index is 12.3. The molecule has 0 aromatic rings. The molecule has 10 nitrogen and oxygen atoms in total. The van der Waals surface area contributed by atoms with E-state index in [1.165, 1.54) is 11.8 Å². The first-order valence-corrected chi connectivity index (χ1v) is 9.31. The Hall–Kier alpha value is -2.27. The number of likely N-dealkylation sites (tertiary alicyclic amines) is 1. The molecule has 148 valence electrons. The molecule has 0 aromatic heterocycles. The van der Waals surface area contributed by atoms with Gasteiger partial charge < -0.3 is 25.3 Å². The lowest BCUT2D eigenvalue weighted by molar-refractivity contribution is -0.163. The molecule has 2 saturated heterocycles. The zero-order chi connectivity index (χ0) is 20.2. The summed E-state index contributed by atoms with van der Waals surface area (Å²) < 4.78 is 0. The Morgan fingerprint density at radius 2 is 1.85 bits per heavy atom. The zero-order valence-electron chi connectivity index (χ0n) is 14.6. The van der Waals surface area contributed by atoms with Crippen molar-refractivity contribution in [1.82, 2.24) is 9.80 Å². The standard InChI is InChI=1S/C16H20N2O8S/c1-5-10-9(6(2)19)13(20)18(10)11(15(23)24)12(5)27-7-3-8(14(21)22)17(4-7)16(25)26/h5-10,19H,3-4H2,1-2H3,(H,21,22)(H,23,24)(H,25,26)/t5-,6-,7+,8+,9-,10-/m1/s1. The molecule has 3 heterocycles. The van der Waals surface area contributed by atoms with Crippen molar-refractivity contribution in [3.63, 3.8) is 0 Å². The maximum Gasteiger partial charge on any atom is 0.408 e. The molecule has 0 saturated carbocycles. The topological polar surface area (TPSA) is 156 Å². The van der Waals surface area contributed by atoms with Crippen LogP contribution in [0.1, 0.15) is 20.3 Å². The van der Waals surface area contributed by atoms with E-state index in [1.54, 1.807) is 6.92 Å². The number of rotatable bonds is 5. The predicted molar refractivity (Wildman–Crippen MR) is 91.8 cm³/mol. The summed E-state index contributed by atoms with van der Waals surface area (Å²) in [6.45, 7) is 3.20. The summed E-state index contributed by atoms with van der Waals surface area (Å²) in [6, 6.07) is -1.65. The van der Waals surface area contributed by atoms with Crippen molar-refractivity contribution in [2.45, 2.75) is 43.7 Å². The van der Waals surface area contributed by atoms with Gasteiger partial charge >= 0.3 is 18.0 Å². The molecule has 3 aliphatic rings. The third-order valence-corrected chi connectivity index (χ3v) is 6.89. The number of hydrogen-bond acceptors (Lipinski definition) is 6. The van der Waals surface area contributed by atoms with Crippen LogP contribution in [0.4, 0.5) is 4.79 Å². The minimum Gasteiger partial charge on any atom is -0.480 e. The van der Waals surface area contributed by atoms with Crippen LogP contribution in [0.5, 0.6) is 0 Å². The SMILES string of the molecule is C[C@@H](O)[C@H]1C(=O)N2C(C(=O)O)=C(S[C@H]3C[C@@H](C(=O)O)N(C(=O)O)C3)[C@H](C)[C@H]12. The normalized spacial score (nSPS) is 33.7. The number of carbonyl (C=O) groups excluding carboxylic acids is 1. The van der Waals surface area contributed by atoms with E-state index < -0.39 is 53.3 Å². The molecule has 0 aliphatic carbocycles. The number of carboxylic acid groups (broad SMARTS) is 3. The Kier molecular flexibility index (Phi) is 4.85. The van der Waals surface area contributed by atoms with Gasteiger partial charge in [0.25, 0.3) is 0 Å². The van der Waals surface area contributed by atoms with E-state index >= 15 is 0 Å². The molecule has 6 atom stereocenters. The molecule has 2 fully saturated rings. The molecule has 27 heavy (non-hydrogen) atoms. The Bertz CT molecular complexity index is 729. The number of thioether (sulfide) groups is 1. The molecule has 0 aromatic carbocycles. The highest BCUT2D eigenvalue weighted by molar-refractivity contribution is 8.03. The molecular formula is C16H20N2O8S. The van der Waals surface area contributed by atoms with Gasteiger partial charge in [0.2, 0.25) is 5.91 Å². The monoisotopic (exact) mass is 400 g/mol. The first-order valence-electron chi connectivity index (χ1n) is 8.43. The number of aliphatic hydroxyl groups excluding tert-OH is 1. The van der Waals surface area contributed by atoms with E-state index in [2.05, 4.69) is 0 Å². The van der Waals surface area contributed by atoms with E-state index in [-0.39, 0.29) is 24.6 Å². The van der Waals surface area contributed by atoms with Crippen LogP contribution in [-0.4, -0.2) is 84.1 Å². The fraction of sp³-hybridized carbons (Fsp3) is 0.625. The number of fused-ring (bicyclic) bond motifs is 1. The molecule has 0 bridgehead atoms. The molecule has 0 spiro atoms. The number of carboxylic acids is 2. The Morgan fingerprint density at radius 3 is 2.30 bits per heavy atom. The molecule has 2 amide bonds. The Balaban J connectivity index is 1.86. The summed E-state index contributed by atoms with van der Waals surface area (Å²) in [5.74, 6) is -4.00. The number of hydrogen-bond donors (Lipinski definition) is 4. The molecule has 11 heteroatoms. The predicted octanol–water partition coefficient (Wildman–Crippen LogP) is 0.0788. The van der Waals surface area contributed by atoms with Gasteiger partial charge in [-0.3, -0.25) is 9.69 Å². The van der Waals surface area contributed by atoms with Gasteiger partial charge in [0.1, 0.15) is 11.7 Å². The third kappa shape index (κ3) is 2.94. The number of amides is 2. The van der Waals surface area contributed by atoms with Gasteiger partial charge in [-0.15, -0.1) is 11.8 Å². The quantitative estimate of drug-likeness (QED) is 0.469. The number of β-lactam (4-membered cyclic amide) rings is 1. The number of nitrogens with zero attached hydrogens (tertiary/aromatic N) is 2. The number of aliphatic carboxylic acids is 2. The van der Waals surface area contributed by atoms with Crippen molar-refractivity contribution in [1.29, 1.82) is 0 Å². The fourth-order valence-corrected chi connectivity index (χ4v) is 5.71. The first kappa shape index (κ1) is 19.5. The lowest BCUT2D eigenvalue weighted by atomic mass is 9.79. The summed E-state index contributed by atoms with van der Waals surface area (Å²) in [7, 11) is 0. The van der Waals surface area contributed by atoms with Crippen LogP contribution < -0.4 is 0 Å². The smallest absolute Gasteiger partial charge is 0.408 e. The second-order valence-electron chi connectivity index (χ2n) is 7.04. The molecule has 3 aliphatic heterocycles. The highest BCUT2D eigenvalue weighted by Gasteiger charge is 2.60. The van der Waals surface area contributed by atoms with Crippen LogP contribution >= 0.6 is 11.8 Å². The fourth-order valence-electron chi connectivity index (χ4n) is 4.19. The first-order chi connectivity index (χ1) is 12.6. The molecule has 4 N–H and O–H groups in total. The summed E-state index contributed by atoms with van der Waals surface area (Å²) in [5.41, 5.74) is -0.153. The van der Waals surface area contributed by atoms with Gasteiger partial charge in [-0.1, -0.05) is 6.92 Å². The van der Waals surface area contributed by atoms with Gasteiger partial charge in [0, 0.05) is 22.6 Å². The van der Waals surface area contributed by atoms with Crippen molar-refractivity contribution in [3.8, 4) is 0 Å². The van der Waals surface area contributed by atoms with E-state index in [0.717, 1.165) is 16.7 Å². The molecule has 0 unspecified atom stereocenters. The van der Waals surface area contributed by atoms with Gasteiger partial charge in [0.05, 0.1) is 18.1 Å². The van der Waals surface area contributed by atoms with Crippen LogP contribution in [0, 0.1) is 11.8 Å². The van der Waals surface area contributed by atoms with Crippen molar-refractivity contribution >= 4 is 35.7 Å². The van der Waals surface area contributed by atoms with Crippen molar-refractivity contribution < 1.29 is 39.6 Å². The average molecular weight is 400 g/mol. The maximum absolute atomic E-state index is 12.3. The van der Waals surface area contributed by atoms with E-state index in [1.807, 2.05) is 0 Å². The van der Waals surface area contributed by atoms with Crippen molar-refractivity contribution in [3.05, 3.63) is 10.6 Å². The van der Waals surface area contributed by atoms with Crippen molar-refractivity contribution in [2.24, 2.45) is 11.8 Å². The minimum atomic E-state index is -1.34. The van der Waals surface area contributed by atoms with Crippen LogP contribution in [0.25, 0.3) is 0 Å². The highest BCUT2D eigenvalue weighted by atomic mass is 32.2. The highest BCUT2D eigenvalue weighted by Crippen LogP contribution is 2.52. The summed E-state index contributed by atoms with van der Waals surface area (Å²) in [4.78, 5) is 49.1. The largest absolute Gasteiger partial charge is 0.480 e. The van der Waals surface area contributed by atoms with Gasteiger partial charge in [0.15, 0.2) is 0 Å². The molecular weight excluding hydrogens is 380 g/mol. The molecule has 3 rings (SSSR count). The van der Waals surface area contributed by atoms with Crippen LogP contribution in [-0.2, 0) is 14.4 Å². The minimum absolute atomic E-state index is 0.0431. The summed E-state index contributed by atoms with van der Waals surface area (Å²) >= 11 is 1.12. The van der Waals surface area contributed by atoms with Crippen LogP contribution in [0.2, 0.25) is 0 Å². The second kappa shape index (κ2) is 6.71. The lowest BCUT2D eigenvalue weighted by Crippen LogP contribution is -2.63. The van der Waals surface area contributed by atoms with Gasteiger partial charge in [-0.2, -0.15) is 0 Å². The van der Waals surface area contributed by atoms with Crippen LogP contribution in [0.15, 0.2) is 10.6 Å². The Morgan fingerprint density at radius 1 is 1.22 bits per heavy atom. The van der Waals surface area contributed by atoms with Gasteiger partial charge in [-0.25, -0.2) is 14.4 Å². The number of carbonyl (C=O) groups is 4. The van der Waals surface area contributed by atoms with E-state index in [0.29, 0.717) is 4.91 Å².